The van der Waals surface area contributed by atoms with Crippen LogP contribution in [0.3, 0.4) is 0 Å². The normalized spacial score (nSPS) is 15.4. The van der Waals surface area contributed by atoms with E-state index in [1.165, 1.54) is 0 Å². The van der Waals surface area contributed by atoms with Crippen molar-refractivity contribution in [2.24, 2.45) is 0 Å². The molecule has 2 N–H and O–H groups in total. The Balaban J connectivity index is 2.24. The van der Waals surface area contributed by atoms with Gasteiger partial charge in [-0.05, 0) is 38.5 Å². The van der Waals surface area contributed by atoms with Crippen LogP contribution in [0.25, 0.3) is 5.69 Å². The summed E-state index contributed by atoms with van der Waals surface area (Å²) < 4.78 is 1.79. The summed E-state index contributed by atoms with van der Waals surface area (Å²) in [5.41, 5.74) is 2.69. The Morgan fingerprint density at radius 3 is 2.22 bits per heavy atom. The smallest absolute Gasteiger partial charge is 0.334 e. The molecule has 0 atom stereocenters. The highest BCUT2D eigenvalue weighted by atomic mass is 16.4. The van der Waals surface area contributed by atoms with E-state index in [0.717, 1.165) is 5.69 Å². The minimum atomic E-state index is -1.12. The minimum absolute atomic E-state index is 0.0858. The first-order chi connectivity index (χ1) is 12.9. The first-order valence-corrected chi connectivity index (χ1v) is 8.60. The van der Waals surface area contributed by atoms with E-state index in [1.54, 1.807) is 60.2 Å². The third kappa shape index (κ3) is 3.12. The number of carbonyl (C=O) groups is 2. The maximum absolute atomic E-state index is 12.1. The third-order valence-corrected chi connectivity index (χ3v) is 4.95. The van der Waals surface area contributed by atoms with Gasteiger partial charge in [-0.1, -0.05) is 12.1 Å². The van der Waals surface area contributed by atoms with Gasteiger partial charge in [0, 0.05) is 36.0 Å². The molecule has 0 aliphatic carbocycles. The number of aliphatic carboxylic acids is 2. The lowest BCUT2D eigenvalue weighted by Gasteiger charge is -2.36. The molecule has 1 aromatic carbocycles. The van der Waals surface area contributed by atoms with Gasteiger partial charge < -0.3 is 19.7 Å². The summed E-state index contributed by atoms with van der Waals surface area (Å²) in [6, 6.07) is 7.22. The average Bonchev–Trinajstić information content (AvgIpc) is 3.15. The van der Waals surface area contributed by atoms with E-state index < -0.39 is 17.9 Å². The summed E-state index contributed by atoms with van der Waals surface area (Å²) in [5, 5.41) is 19.8. The Bertz CT molecular complexity index is 919. The molecule has 0 spiro atoms. The molecule has 0 radical (unpaired) electrons. The molecule has 7 nitrogen and oxygen atoms in total. The third-order valence-electron chi connectivity index (χ3n) is 4.95. The Hall–Kier alpha value is -3.35. The molecule has 0 unspecified atom stereocenters. The second-order valence-corrected chi connectivity index (χ2v) is 6.35. The number of hydrogen-bond acceptors (Lipinski definition) is 4. The van der Waals surface area contributed by atoms with Crippen molar-refractivity contribution in [2.75, 3.05) is 6.54 Å². The monoisotopic (exact) mass is 367 g/mol. The fourth-order valence-corrected chi connectivity index (χ4v) is 3.75. The largest absolute Gasteiger partial charge is 0.478 e. The fraction of sp³-hybridized carbons (Fsp3) is 0.250. The number of rotatable bonds is 5. The van der Waals surface area contributed by atoms with Gasteiger partial charge in [-0.3, -0.25) is 0 Å². The van der Waals surface area contributed by atoms with Crippen LogP contribution in [-0.2, 0) is 9.59 Å². The molecule has 3 rings (SSSR count). The van der Waals surface area contributed by atoms with Gasteiger partial charge in [-0.25, -0.2) is 14.6 Å². The van der Waals surface area contributed by atoms with Gasteiger partial charge in [-0.15, -0.1) is 0 Å². The summed E-state index contributed by atoms with van der Waals surface area (Å²) in [7, 11) is 0. The van der Waals surface area contributed by atoms with Gasteiger partial charge in [0.1, 0.15) is 0 Å². The van der Waals surface area contributed by atoms with Crippen LogP contribution in [0.2, 0.25) is 0 Å². The van der Waals surface area contributed by atoms with Crippen molar-refractivity contribution in [2.45, 2.75) is 26.7 Å². The quantitative estimate of drug-likeness (QED) is 0.843. The predicted octanol–water partition coefficient (Wildman–Crippen LogP) is 3.01. The molecule has 0 bridgehead atoms. The van der Waals surface area contributed by atoms with Gasteiger partial charge in [0.15, 0.2) is 0 Å². The van der Waals surface area contributed by atoms with E-state index in [1.807, 2.05) is 13.0 Å². The summed E-state index contributed by atoms with van der Waals surface area (Å²) in [4.78, 5) is 29.9. The Morgan fingerprint density at radius 2 is 1.74 bits per heavy atom. The maximum atomic E-state index is 12.1. The molecular weight excluding hydrogens is 346 g/mol. The van der Waals surface area contributed by atoms with Gasteiger partial charge in [0.25, 0.3) is 0 Å². The summed E-state index contributed by atoms with van der Waals surface area (Å²) in [5.74, 6) is -3.09. The molecule has 7 heteroatoms. The molecular formula is C20H21N3O4. The Kier molecular flexibility index (Phi) is 4.85. The SMILES string of the molecule is CCN1C(C)=C(C(=O)O)C(c2cccc(-n3ccnc3)c2)C(C(=O)O)=C1C. The van der Waals surface area contributed by atoms with Crippen molar-refractivity contribution < 1.29 is 19.8 Å². The minimum Gasteiger partial charge on any atom is -0.478 e. The molecule has 2 heterocycles. The molecule has 1 aliphatic rings. The first kappa shape index (κ1) is 18.4. The number of nitrogens with zero attached hydrogens (tertiary/aromatic N) is 3. The van der Waals surface area contributed by atoms with E-state index in [4.69, 9.17) is 0 Å². The lowest BCUT2D eigenvalue weighted by atomic mass is 9.79. The van der Waals surface area contributed by atoms with Crippen molar-refractivity contribution in [1.29, 1.82) is 0 Å². The highest BCUT2D eigenvalue weighted by Gasteiger charge is 2.38. The molecule has 140 valence electrons. The second kappa shape index (κ2) is 7.11. The molecule has 0 amide bonds. The van der Waals surface area contributed by atoms with Crippen LogP contribution in [0.5, 0.6) is 0 Å². The fourth-order valence-electron chi connectivity index (χ4n) is 3.75. The number of aromatic nitrogens is 2. The first-order valence-electron chi connectivity index (χ1n) is 8.60. The van der Waals surface area contributed by atoms with Gasteiger partial charge in [-0.2, -0.15) is 0 Å². The molecule has 1 aromatic heterocycles. The zero-order valence-corrected chi connectivity index (χ0v) is 15.4. The highest BCUT2D eigenvalue weighted by molar-refractivity contribution is 5.98. The number of benzene rings is 1. The van der Waals surface area contributed by atoms with Gasteiger partial charge >= 0.3 is 11.9 Å². The maximum Gasteiger partial charge on any atom is 0.334 e. The van der Waals surface area contributed by atoms with E-state index in [0.29, 0.717) is 23.5 Å². The van der Waals surface area contributed by atoms with Crippen LogP contribution >= 0.6 is 0 Å². The highest BCUT2D eigenvalue weighted by Crippen LogP contribution is 2.42. The summed E-state index contributed by atoms with van der Waals surface area (Å²) in [6.07, 6.45) is 5.06. The summed E-state index contributed by atoms with van der Waals surface area (Å²) >= 11 is 0. The van der Waals surface area contributed by atoms with E-state index in [2.05, 4.69) is 4.98 Å². The van der Waals surface area contributed by atoms with Crippen molar-refractivity contribution in [3.05, 3.63) is 71.1 Å². The Labute approximate surface area is 156 Å². The number of hydrogen-bond donors (Lipinski definition) is 2. The second-order valence-electron chi connectivity index (χ2n) is 6.35. The van der Waals surface area contributed by atoms with Crippen LogP contribution in [0.1, 0.15) is 32.3 Å². The van der Waals surface area contributed by atoms with Crippen molar-refractivity contribution in [1.82, 2.24) is 14.5 Å². The van der Waals surface area contributed by atoms with E-state index in [9.17, 15) is 19.8 Å². The van der Waals surface area contributed by atoms with Crippen LogP contribution in [-0.4, -0.2) is 43.1 Å². The van der Waals surface area contributed by atoms with Crippen LogP contribution in [0, 0.1) is 0 Å². The molecule has 2 aromatic rings. The van der Waals surface area contributed by atoms with Crippen LogP contribution in [0.15, 0.2) is 65.5 Å². The van der Waals surface area contributed by atoms with Gasteiger partial charge in [0.05, 0.1) is 23.4 Å². The lowest BCUT2D eigenvalue weighted by molar-refractivity contribution is -0.133. The molecule has 1 aliphatic heterocycles. The van der Waals surface area contributed by atoms with Crippen molar-refractivity contribution >= 4 is 11.9 Å². The van der Waals surface area contributed by atoms with Crippen molar-refractivity contribution in [3.8, 4) is 5.69 Å². The van der Waals surface area contributed by atoms with Gasteiger partial charge in [0.2, 0.25) is 0 Å². The zero-order chi connectivity index (χ0) is 19.7. The average molecular weight is 367 g/mol. The number of carboxylic acid groups (broad SMARTS) is 2. The number of carboxylic acids is 2. The standard InChI is InChI=1S/C20H21N3O4/c1-4-23-12(2)16(19(24)25)18(17(13(23)3)20(26)27)14-6-5-7-15(10-14)22-9-8-21-11-22/h5-11,18H,4H2,1-3H3,(H,24,25)(H,26,27). The van der Waals surface area contributed by atoms with Crippen molar-refractivity contribution in [3.63, 3.8) is 0 Å². The number of allylic oxidation sites excluding steroid dienone is 2. The number of imidazole rings is 1. The topological polar surface area (TPSA) is 95.7 Å². The zero-order valence-electron chi connectivity index (χ0n) is 15.4. The molecule has 0 fully saturated rings. The summed E-state index contributed by atoms with van der Waals surface area (Å²) in [6.45, 7) is 5.81. The van der Waals surface area contributed by atoms with E-state index in [-0.39, 0.29) is 11.1 Å². The predicted molar refractivity (Wildman–Crippen MR) is 99.4 cm³/mol. The van der Waals surface area contributed by atoms with Crippen LogP contribution in [0.4, 0.5) is 0 Å². The van der Waals surface area contributed by atoms with Crippen LogP contribution < -0.4 is 0 Å². The van der Waals surface area contributed by atoms with E-state index >= 15 is 0 Å². The molecule has 0 saturated heterocycles. The lowest BCUT2D eigenvalue weighted by Crippen LogP contribution is -2.34. The molecule has 27 heavy (non-hydrogen) atoms. The Morgan fingerprint density at radius 1 is 1.11 bits per heavy atom. The molecule has 0 saturated carbocycles.